The van der Waals surface area contributed by atoms with Crippen LogP contribution in [0.25, 0.3) is 11.6 Å². The van der Waals surface area contributed by atoms with E-state index in [1.807, 2.05) is 7.05 Å². The Hall–Kier alpha value is -1.82. The molecule has 0 aromatic carbocycles. The van der Waals surface area contributed by atoms with Crippen LogP contribution in [0.4, 0.5) is 0 Å². The van der Waals surface area contributed by atoms with Gasteiger partial charge < -0.3 is 9.84 Å². The normalized spacial score (nSPS) is 10.4. The summed E-state index contributed by atoms with van der Waals surface area (Å²) in [7, 11) is 1.82. The molecule has 2 aromatic rings. The molecule has 2 rings (SSSR count). The van der Waals surface area contributed by atoms with Crippen LogP contribution in [0.5, 0.6) is 0 Å². The van der Waals surface area contributed by atoms with Crippen molar-refractivity contribution in [2.45, 2.75) is 6.54 Å². The van der Waals surface area contributed by atoms with Gasteiger partial charge in [0.15, 0.2) is 5.82 Å². The fourth-order valence-electron chi connectivity index (χ4n) is 1.01. The first kappa shape index (κ1) is 8.76. The van der Waals surface area contributed by atoms with Gasteiger partial charge in [-0.25, -0.2) is 9.97 Å². The highest BCUT2D eigenvalue weighted by Gasteiger charge is 2.08. The molecule has 6 heteroatoms. The van der Waals surface area contributed by atoms with E-state index >= 15 is 0 Å². The second-order valence-electron chi connectivity index (χ2n) is 2.64. The van der Waals surface area contributed by atoms with Crippen LogP contribution in [0.1, 0.15) is 5.82 Å². The SMILES string of the molecule is CNCc1noc(-c2ccncn2)n1. The van der Waals surface area contributed by atoms with Gasteiger partial charge in [-0.15, -0.1) is 0 Å². The lowest BCUT2D eigenvalue weighted by Crippen LogP contribution is -2.06. The summed E-state index contributed by atoms with van der Waals surface area (Å²) in [6.45, 7) is 0.578. The number of aromatic nitrogens is 4. The lowest BCUT2D eigenvalue weighted by Gasteiger charge is -1.89. The molecule has 2 aromatic heterocycles. The van der Waals surface area contributed by atoms with Crippen LogP contribution in [0.2, 0.25) is 0 Å². The summed E-state index contributed by atoms with van der Waals surface area (Å²) < 4.78 is 5.01. The number of hydrogen-bond donors (Lipinski definition) is 1. The Morgan fingerprint density at radius 2 is 2.43 bits per heavy atom. The lowest BCUT2D eigenvalue weighted by molar-refractivity contribution is 0.419. The van der Waals surface area contributed by atoms with Gasteiger partial charge in [0.2, 0.25) is 0 Å². The third-order valence-electron chi connectivity index (χ3n) is 1.60. The zero-order valence-corrected chi connectivity index (χ0v) is 7.64. The van der Waals surface area contributed by atoms with Crippen molar-refractivity contribution in [3.05, 3.63) is 24.4 Å². The van der Waals surface area contributed by atoms with E-state index in [0.29, 0.717) is 24.0 Å². The Kier molecular flexibility index (Phi) is 2.46. The summed E-state index contributed by atoms with van der Waals surface area (Å²) in [5, 5.41) is 6.70. The van der Waals surface area contributed by atoms with Crippen LogP contribution >= 0.6 is 0 Å². The molecule has 0 aliphatic heterocycles. The van der Waals surface area contributed by atoms with Gasteiger partial charge in [-0.1, -0.05) is 5.16 Å². The Morgan fingerprint density at radius 3 is 3.14 bits per heavy atom. The van der Waals surface area contributed by atoms with E-state index in [1.54, 1.807) is 12.3 Å². The minimum atomic E-state index is 0.414. The first-order valence-electron chi connectivity index (χ1n) is 4.13. The second-order valence-corrected chi connectivity index (χ2v) is 2.64. The van der Waals surface area contributed by atoms with Crippen LogP contribution in [-0.4, -0.2) is 27.2 Å². The molecule has 0 bridgehead atoms. The van der Waals surface area contributed by atoms with Crippen molar-refractivity contribution < 1.29 is 4.52 Å². The van der Waals surface area contributed by atoms with Gasteiger partial charge in [0, 0.05) is 6.20 Å². The molecule has 0 amide bonds. The fourth-order valence-corrected chi connectivity index (χ4v) is 1.01. The van der Waals surface area contributed by atoms with Crippen molar-refractivity contribution in [2.75, 3.05) is 7.05 Å². The third-order valence-corrected chi connectivity index (χ3v) is 1.60. The van der Waals surface area contributed by atoms with Crippen molar-refractivity contribution in [2.24, 2.45) is 0 Å². The Balaban J connectivity index is 2.25. The van der Waals surface area contributed by atoms with E-state index in [2.05, 4.69) is 25.4 Å². The summed E-state index contributed by atoms with van der Waals surface area (Å²) in [4.78, 5) is 11.9. The molecule has 0 unspecified atom stereocenters. The van der Waals surface area contributed by atoms with Crippen molar-refractivity contribution >= 4 is 0 Å². The molecule has 0 aliphatic rings. The fraction of sp³-hybridized carbons (Fsp3) is 0.250. The Labute approximate surface area is 80.4 Å². The molecule has 0 fully saturated rings. The molecule has 0 radical (unpaired) electrons. The van der Waals surface area contributed by atoms with Gasteiger partial charge in [0.25, 0.3) is 5.89 Å². The zero-order chi connectivity index (χ0) is 9.80. The molecular formula is C8H9N5O. The van der Waals surface area contributed by atoms with Crippen molar-refractivity contribution in [3.63, 3.8) is 0 Å². The van der Waals surface area contributed by atoms with Gasteiger partial charge in [-0.3, -0.25) is 0 Å². The molecule has 0 saturated heterocycles. The minimum absolute atomic E-state index is 0.414. The molecule has 2 heterocycles. The van der Waals surface area contributed by atoms with Gasteiger partial charge in [-0.2, -0.15) is 4.98 Å². The van der Waals surface area contributed by atoms with Gasteiger partial charge in [0.05, 0.1) is 6.54 Å². The van der Waals surface area contributed by atoms with Crippen molar-refractivity contribution in [1.82, 2.24) is 25.4 Å². The van der Waals surface area contributed by atoms with E-state index < -0.39 is 0 Å². The molecule has 0 aliphatic carbocycles. The van der Waals surface area contributed by atoms with E-state index in [9.17, 15) is 0 Å². The number of hydrogen-bond acceptors (Lipinski definition) is 6. The van der Waals surface area contributed by atoms with E-state index in [4.69, 9.17) is 4.52 Å². The molecule has 0 spiro atoms. The average Bonchev–Trinajstić information content (AvgIpc) is 2.68. The first-order chi connectivity index (χ1) is 6.90. The van der Waals surface area contributed by atoms with Crippen LogP contribution in [0, 0.1) is 0 Å². The molecule has 1 N–H and O–H groups in total. The van der Waals surface area contributed by atoms with E-state index in [0.717, 1.165) is 0 Å². The number of nitrogens with zero attached hydrogens (tertiary/aromatic N) is 4. The van der Waals surface area contributed by atoms with Crippen LogP contribution in [0.3, 0.4) is 0 Å². The van der Waals surface area contributed by atoms with Gasteiger partial charge in [0.1, 0.15) is 12.0 Å². The number of rotatable bonds is 3. The van der Waals surface area contributed by atoms with E-state index in [1.165, 1.54) is 6.33 Å². The smallest absolute Gasteiger partial charge is 0.276 e. The highest BCUT2D eigenvalue weighted by molar-refractivity contribution is 5.44. The summed E-state index contributed by atoms with van der Waals surface area (Å²) in [5.74, 6) is 1.03. The Bertz CT molecular complexity index is 399. The predicted molar refractivity (Wildman–Crippen MR) is 48.1 cm³/mol. The van der Waals surface area contributed by atoms with Crippen LogP contribution in [0.15, 0.2) is 23.1 Å². The van der Waals surface area contributed by atoms with E-state index in [-0.39, 0.29) is 0 Å². The van der Waals surface area contributed by atoms with Crippen LogP contribution in [-0.2, 0) is 6.54 Å². The lowest BCUT2D eigenvalue weighted by atomic mass is 10.4. The summed E-state index contributed by atoms with van der Waals surface area (Å²) >= 11 is 0. The predicted octanol–water partition coefficient (Wildman–Crippen LogP) is 0.246. The average molecular weight is 191 g/mol. The minimum Gasteiger partial charge on any atom is -0.332 e. The van der Waals surface area contributed by atoms with Crippen molar-refractivity contribution in [1.29, 1.82) is 0 Å². The number of nitrogens with one attached hydrogen (secondary N) is 1. The highest BCUT2D eigenvalue weighted by Crippen LogP contribution is 2.11. The maximum Gasteiger partial charge on any atom is 0.276 e. The Morgan fingerprint density at radius 1 is 1.50 bits per heavy atom. The molecule has 0 atom stereocenters. The summed E-state index contributed by atoms with van der Waals surface area (Å²) in [6.07, 6.45) is 3.07. The highest BCUT2D eigenvalue weighted by atomic mass is 16.5. The maximum absolute atomic E-state index is 5.01. The van der Waals surface area contributed by atoms with Crippen LogP contribution < -0.4 is 5.32 Å². The molecule has 0 saturated carbocycles. The summed E-state index contributed by atoms with van der Waals surface area (Å²) in [6, 6.07) is 1.72. The van der Waals surface area contributed by atoms with Crippen molar-refractivity contribution in [3.8, 4) is 11.6 Å². The maximum atomic E-state index is 5.01. The van der Waals surface area contributed by atoms with Gasteiger partial charge >= 0.3 is 0 Å². The zero-order valence-electron chi connectivity index (χ0n) is 7.64. The molecular weight excluding hydrogens is 182 g/mol. The quantitative estimate of drug-likeness (QED) is 0.749. The topological polar surface area (TPSA) is 76.7 Å². The molecule has 6 nitrogen and oxygen atoms in total. The molecule has 72 valence electrons. The second kappa shape index (κ2) is 3.93. The summed E-state index contributed by atoms with van der Waals surface area (Å²) in [5.41, 5.74) is 0.634. The molecule has 14 heavy (non-hydrogen) atoms. The monoisotopic (exact) mass is 191 g/mol. The van der Waals surface area contributed by atoms with Gasteiger partial charge in [-0.05, 0) is 13.1 Å². The standard InChI is InChI=1S/C8H9N5O/c1-9-4-7-12-8(14-13-7)6-2-3-10-5-11-6/h2-3,5,9H,4H2,1H3. The third kappa shape index (κ3) is 1.74. The first-order valence-corrected chi connectivity index (χ1v) is 4.13. The largest absolute Gasteiger partial charge is 0.332 e.